The van der Waals surface area contributed by atoms with Crippen LogP contribution in [0.2, 0.25) is 0 Å². The molecule has 2 saturated heterocycles. The van der Waals surface area contributed by atoms with Crippen molar-refractivity contribution in [3.05, 3.63) is 48.6 Å². The van der Waals surface area contributed by atoms with Crippen molar-refractivity contribution < 1.29 is 29.0 Å². The van der Waals surface area contributed by atoms with E-state index >= 15 is 0 Å². The Morgan fingerprint density at radius 1 is 0.975 bits per heavy atom. The van der Waals surface area contributed by atoms with Crippen LogP contribution in [0.15, 0.2) is 48.6 Å². The number of cyclic esters (lactones) is 1. The van der Waals surface area contributed by atoms with Gasteiger partial charge < -0.3 is 29.3 Å². The number of nitrogens with zero attached hydrogens (tertiary/aromatic N) is 3. The third-order valence-electron chi connectivity index (χ3n) is 8.87. The topological polar surface area (TPSA) is 99.6 Å². The number of aliphatic hydroxyl groups excluding tert-OH is 1. The summed E-state index contributed by atoms with van der Waals surface area (Å²) in [7, 11) is 0. The van der Waals surface area contributed by atoms with E-state index in [4.69, 9.17) is 9.47 Å². The Labute approximate surface area is 236 Å². The average molecular weight is 552 g/mol. The van der Waals surface area contributed by atoms with E-state index in [0.717, 1.165) is 30.9 Å². The van der Waals surface area contributed by atoms with Crippen molar-refractivity contribution in [1.82, 2.24) is 4.90 Å². The summed E-state index contributed by atoms with van der Waals surface area (Å²) in [6.07, 6.45) is 10.1. The van der Waals surface area contributed by atoms with Crippen LogP contribution in [0.1, 0.15) is 46.5 Å². The van der Waals surface area contributed by atoms with Crippen LogP contribution in [0, 0.1) is 11.8 Å². The zero-order valence-electron chi connectivity index (χ0n) is 23.8. The minimum atomic E-state index is -1.30. The maximum atomic E-state index is 14.5. The number of likely N-dealkylation sites (tertiary alicyclic amines) is 1. The fraction of sp³-hybridized carbons (Fsp3) is 0.581. The molecule has 5 rings (SSSR count). The Balaban J connectivity index is 1.55. The predicted octanol–water partition coefficient (Wildman–Crippen LogP) is 3.07. The van der Waals surface area contributed by atoms with Gasteiger partial charge in [-0.3, -0.25) is 14.4 Å². The monoisotopic (exact) mass is 551 g/mol. The van der Waals surface area contributed by atoms with Gasteiger partial charge in [0.05, 0.1) is 18.1 Å². The standard InChI is InChI=1S/C31H41N3O6/c1-4-32(5-2)22-12-14-23(15-13-22)33-19-11-17-31-24(25-29(38)39-21-10-7-16-30(25,3)40-31)27(36)34(26(31)28(33)37)18-8-6-9-20-35/h7,11-17,24-26,35H,4-6,8-10,18-21H2,1-3H3/t24-,25+,26?,30-,31-/m0/s1. The Hall–Kier alpha value is -3.17. The molecule has 1 aromatic carbocycles. The van der Waals surface area contributed by atoms with Crippen LogP contribution in [0.4, 0.5) is 11.4 Å². The van der Waals surface area contributed by atoms with E-state index in [-0.39, 0.29) is 25.0 Å². The second-order valence-electron chi connectivity index (χ2n) is 11.2. The molecule has 2 amide bonds. The smallest absolute Gasteiger partial charge is 0.313 e. The Bertz CT molecular complexity index is 1180. The lowest BCUT2D eigenvalue weighted by Crippen LogP contribution is -2.56. The molecule has 5 atom stereocenters. The first-order valence-electron chi connectivity index (χ1n) is 14.6. The molecule has 4 aliphatic heterocycles. The number of fused-ring (bicyclic) bond motifs is 2. The van der Waals surface area contributed by atoms with Crippen molar-refractivity contribution in [3.8, 4) is 0 Å². The maximum Gasteiger partial charge on any atom is 0.313 e. The highest BCUT2D eigenvalue weighted by atomic mass is 16.6. The third-order valence-corrected chi connectivity index (χ3v) is 8.87. The van der Waals surface area contributed by atoms with Gasteiger partial charge in [-0.15, -0.1) is 0 Å². The van der Waals surface area contributed by atoms with Crippen molar-refractivity contribution in [1.29, 1.82) is 0 Å². The number of unbranched alkanes of at least 4 members (excludes halogenated alkanes) is 2. The average Bonchev–Trinajstić information content (AvgIpc) is 3.26. The second kappa shape index (κ2) is 11.4. The van der Waals surface area contributed by atoms with E-state index in [1.807, 2.05) is 55.5 Å². The molecular weight excluding hydrogens is 510 g/mol. The van der Waals surface area contributed by atoms with Crippen molar-refractivity contribution in [2.75, 3.05) is 49.2 Å². The van der Waals surface area contributed by atoms with Gasteiger partial charge in [0.25, 0.3) is 5.91 Å². The molecule has 40 heavy (non-hydrogen) atoms. The van der Waals surface area contributed by atoms with Crippen molar-refractivity contribution in [2.24, 2.45) is 11.8 Å². The third kappa shape index (κ3) is 4.63. The lowest BCUT2D eigenvalue weighted by Gasteiger charge is -2.37. The second-order valence-corrected chi connectivity index (χ2v) is 11.2. The molecule has 1 unspecified atom stereocenters. The van der Waals surface area contributed by atoms with Gasteiger partial charge in [0.1, 0.15) is 17.6 Å². The molecule has 4 aliphatic rings. The first-order chi connectivity index (χ1) is 19.3. The van der Waals surface area contributed by atoms with Gasteiger partial charge >= 0.3 is 5.97 Å². The molecule has 0 bridgehead atoms. The van der Waals surface area contributed by atoms with Crippen LogP contribution in [0.25, 0.3) is 0 Å². The molecular formula is C31H41N3O6. The van der Waals surface area contributed by atoms with Crippen LogP contribution in [-0.4, -0.2) is 84.4 Å². The number of carbonyl (C=O) groups is 3. The first kappa shape index (κ1) is 28.4. The van der Waals surface area contributed by atoms with Crippen LogP contribution < -0.4 is 9.80 Å². The van der Waals surface area contributed by atoms with Gasteiger partial charge in [0.15, 0.2) is 0 Å². The lowest BCUT2D eigenvalue weighted by molar-refractivity contribution is -0.159. The van der Waals surface area contributed by atoms with Gasteiger partial charge in [-0.2, -0.15) is 0 Å². The number of rotatable bonds is 9. The number of anilines is 2. The summed E-state index contributed by atoms with van der Waals surface area (Å²) in [5, 5.41) is 9.26. The number of carbonyl (C=O) groups excluding carboxylic acids is 3. The normalized spacial score (nSPS) is 31.3. The zero-order chi connectivity index (χ0) is 28.5. The first-order valence-corrected chi connectivity index (χ1v) is 14.6. The molecule has 1 N–H and O–H groups in total. The summed E-state index contributed by atoms with van der Waals surface area (Å²) < 4.78 is 12.3. The van der Waals surface area contributed by atoms with Gasteiger partial charge in [0.2, 0.25) is 5.91 Å². The summed E-state index contributed by atoms with van der Waals surface area (Å²) in [5.74, 6) is -2.68. The highest BCUT2D eigenvalue weighted by Gasteiger charge is 2.74. The van der Waals surface area contributed by atoms with Crippen molar-refractivity contribution >= 4 is 29.2 Å². The van der Waals surface area contributed by atoms with Gasteiger partial charge in [-0.05, 0) is 70.7 Å². The molecule has 0 radical (unpaired) electrons. The van der Waals surface area contributed by atoms with Crippen LogP contribution in [-0.2, 0) is 23.9 Å². The van der Waals surface area contributed by atoms with Crippen molar-refractivity contribution in [2.45, 2.75) is 63.7 Å². The van der Waals surface area contributed by atoms with E-state index in [2.05, 4.69) is 18.7 Å². The van der Waals surface area contributed by atoms with E-state index in [0.29, 0.717) is 32.4 Å². The number of esters is 1. The number of ether oxygens (including phenoxy) is 2. The molecule has 9 heteroatoms. The molecule has 1 spiro atoms. The van der Waals surface area contributed by atoms with Gasteiger partial charge in [0, 0.05) is 44.2 Å². The molecule has 0 saturated carbocycles. The number of benzene rings is 1. The van der Waals surface area contributed by atoms with Crippen molar-refractivity contribution in [3.63, 3.8) is 0 Å². The number of hydrogen-bond acceptors (Lipinski definition) is 7. The van der Waals surface area contributed by atoms with E-state index in [1.54, 1.807) is 9.80 Å². The highest BCUT2D eigenvalue weighted by Crippen LogP contribution is 2.57. The molecule has 0 aromatic heterocycles. The van der Waals surface area contributed by atoms with Crippen LogP contribution in [0.3, 0.4) is 0 Å². The quantitative estimate of drug-likeness (QED) is 0.286. The summed E-state index contributed by atoms with van der Waals surface area (Å²) >= 11 is 0. The predicted molar refractivity (Wildman–Crippen MR) is 152 cm³/mol. The molecule has 1 aromatic rings. The lowest BCUT2D eigenvalue weighted by atomic mass is 9.74. The molecule has 0 aliphatic carbocycles. The molecule has 9 nitrogen and oxygen atoms in total. The minimum absolute atomic E-state index is 0.0740. The SMILES string of the molecule is CCN(CC)c1ccc(N2CC=C[C@]34O[C@@]5(C)C=CCCOC(=O)[C@H]5[C@H]3C(=O)N(CCCCCO)C4C2=O)cc1. The Morgan fingerprint density at radius 2 is 1.73 bits per heavy atom. The largest absolute Gasteiger partial charge is 0.465 e. The summed E-state index contributed by atoms with van der Waals surface area (Å²) in [5.41, 5.74) is -0.551. The van der Waals surface area contributed by atoms with Gasteiger partial charge in [-0.25, -0.2) is 0 Å². The van der Waals surface area contributed by atoms with E-state index in [1.165, 1.54) is 0 Å². The van der Waals surface area contributed by atoms with Crippen LogP contribution >= 0.6 is 0 Å². The molecule has 216 valence electrons. The molecule has 4 heterocycles. The van der Waals surface area contributed by atoms with E-state index < -0.39 is 35.0 Å². The zero-order valence-corrected chi connectivity index (χ0v) is 23.8. The number of aliphatic hydroxyl groups is 1. The number of amides is 2. The minimum Gasteiger partial charge on any atom is -0.465 e. The van der Waals surface area contributed by atoms with Gasteiger partial charge in [-0.1, -0.05) is 24.3 Å². The summed E-state index contributed by atoms with van der Waals surface area (Å²) in [6, 6.07) is 7.01. The number of hydrogen-bond donors (Lipinski definition) is 1. The maximum absolute atomic E-state index is 14.5. The Kier molecular flexibility index (Phi) is 8.06. The molecule has 2 fully saturated rings. The fourth-order valence-corrected chi connectivity index (χ4v) is 6.96. The Morgan fingerprint density at radius 3 is 2.42 bits per heavy atom. The van der Waals surface area contributed by atoms with Crippen LogP contribution in [0.5, 0.6) is 0 Å². The summed E-state index contributed by atoms with van der Waals surface area (Å²) in [4.78, 5) is 47.6. The summed E-state index contributed by atoms with van der Waals surface area (Å²) in [6.45, 7) is 8.79. The highest BCUT2D eigenvalue weighted by molar-refractivity contribution is 6.05. The fourth-order valence-electron chi connectivity index (χ4n) is 6.96. The van der Waals surface area contributed by atoms with E-state index in [9.17, 15) is 19.5 Å².